The van der Waals surface area contributed by atoms with E-state index in [1.54, 1.807) is 0 Å². The van der Waals surface area contributed by atoms with E-state index >= 15 is 0 Å². The molecule has 1 aromatic carbocycles. The first kappa shape index (κ1) is 8.71. The molecule has 6 N–H and O–H groups in total. The summed E-state index contributed by atoms with van der Waals surface area (Å²) in [6, 6.07) is 1.84. The highest BCUT2D eigenvalue weighted by Crippen LogP contribution is 2.28. The topological polar surface area (TPSA) is 78.1 Å². The molecule has 0 aliphatic carbocycles. The number of benzene rings is 1. The molecule has 3 nitrogen and oxygen atoms in total. The maximum Gasteiger partial charge on any atom is 0.0598 e. The Labute approximate surface area is 72.5 Å². The second kappa shape index (κ2) is 2.93. The third-order valence-electron chi connectivity index (χ3n) is 2.18. The van der Waals surface area contributed by atoms with Gasteiger partial charge >= 0.3 is 0 Å². The molecule has 0 unspecified atom stereocenters. The van der Waals surface area contributed by atoms with Crippen molar-refractivity contribution >= 4 is 17.1 Å². The second-order valence-corrected chi connectivity index (χ2v) is 2.93. The van der Waals surface area contributed by atoms with Crippen molar-refractivity contribution in [3.8, 4) is 0 Å². The van der Waals surface area contributed by atoms with Crippen LogP contribution in [-0.2, 0) is 6.42 Å². The fourth-order valence-electron chi connectivity index (χ4n) is 1.24. The fourth-order valence-corrected chi connectivity index (χ4v) is 1.24. The van der Waals surface area contributed by atoms with Crippen LogP contribution in [0.5, 0.6) is 0 Å². The number of rotatable bonds is 1. The van der Waals surface area contributed by atoms with Gasteiger partial charge in [-0.1, -0.05) is 6.92 Å². The molecule has 12 heavy (non-hydrogen) atoms. The zero-order valence-corrected chi connectivity index (χ0v) is 7.52. The lowest BCUT2D eigenvalue weighted by Gasteiger charge is -2.11. The van der Waals surface area contributed by atoms with E-state index < -0.39 is 0 Å². The molecule has 0 fully saturated rings. The third kappa shape index (κ3) is 1.18. The molecule has 1 rings (SSSR count). The Hall–Kier alpha value is -1.38. The summed E-state index contributed by atoms with van der Waals surface area (Å²) in [6.07, 6.45) is 0.886. The van der Waals surface area contributed by atoms with Crippen LogP contribution < -0.4 is 17.2 Å². The predicted molar refractivity (Wildman–Crippen MR) is 53.8 cm³/mol. The van der Waals surface area contributed by atoms with Crippen molar-refractivity contribution in [3.63, 3.8) is 0 Å². The molecule has 0 spiro atoms. The van der Waals surface area contributed by atoms with Crippen LogP contribution >= 0.6 is 0 Å². The van der Waals surface area contributed by atoms with Crippen molar-refractivity contribution in [2.45, 2.75) is 20.3 Å². The Bertz CT molecular complexity index is 305. The van der Waals surface area contributed by atoms with E-state index in [-0.39, 0.29) is 0 Å². The molecule has 0 saturated carbocycles. The number of nitrogen functional groups attached to an aromatic ring is 3. The molecule has 0 aromatic heterocycles. The molecule has 0 bridgehead atoms. The van der Waals surface area contributed by atoms with Crippen LogP contribution in [0.25, 0.3) is 0 Å². The highest BCUT2D eigenvalue weighted by molar-refractivity contribution is 5.76. The van der Waals surface area contributed by atoms with Gasteiger partial charge in [0.15, 0.2) is 0 Å². The van der Waals surface area contributed by atoms with E-state index in [9.17, 15) is 0 Å². The Morgan fingerprint density at radius 1 is 1.17 bits per heavy atom. The first-order valence-electron chi connectivity index (χ1n) is 4.00. The third-order valence-corrected chi connectivity index (χ3v) is 2.18. The lowest BCUT2D eigenvalue weighted by atomic mass is 10.0. The van der Waals surface area contributed by atoms with Crippen molar-refractivity contribution in [3.05, 3.63) is 17.2 Å². The van der Waals surface area contributed by atoms with Crippen LogP contribution in [0.1, 0.15) is 18.1 Å². The maximum atomic E-state index is 5.83. The van der Waals surface area contributed by atoms with Gasteiger partial charge in [0, 0.05) is 5.69 Å². The average molecular weight is 165 g/mol. The summed E-state index contributed by atoms with van der Waals surface area (Å²) in [5, 5.41) is 0. The van der Waals surface area contributed by atoms with Crippen LogP contribution in [0.4, 0.5) is 17.1 Å². The maximum absolute atomic E-state index is 5.83. The first-order chi connectivity index (χ1) is 5.57. The highest BCUT2D eigenvalue weighted by atomic mass is 14.7. The summed E-state index contributed by atoms with van der Waals surface area (Å²) < 4.78 is 0. The molecule has 0 aliphatic heterocycles. The SMILES string of the molecule is CCc1cc(N)c(N)c(C)c1N. The molecular formula is C9H15N3. The van der Waals surface area contributed by atoms with Gasteiger partial charge in [0.05, 0.1) is 11.4 Å². The van der Waals surface area contributed by atoms with Gasteiger partial charge in [0.25, 0.3) is 0 Å². The zero-order valence-electron chi connectivity index (χ0n) is 7.52. The van der Waals surface area contributed by atoms with Crippen LogP contribution in [-0.4, -0.2) is 0 Å². The predicted octanol–water partition coefficient (Wildman–Crippen LogP) is 1.30. The number of anilines is 3. The standard InChI is InChI=1S/C9H15N3/c1-3-6-4-7(10)9(12)5(2)8(6)11/h4H,3,10-12H2,1-2H3. The van der Waals surface area contributed by atoms with E-state index in [0.29, 0.717) is 11.4 Å². The van der Waals surface area contributed by atoms with Gasteiger partial charge in [-0.3, -0.25) is 0 Å². The van der Waals surface area contributed by atoms with Crippen LogP contribution in [0, 0.1) is 6.92 Å². The van der Waals surface area contributed by atoms with Gasteiger partial charge in [-0.25, -0.2) is 0 Å². The molecule has 0 atom stereocenters. The van der Waals surface area contributed by atoms with Gasteiger partial charge in [-0.05, 0) is 30.5 Å². The van der Waals surface area contributed by atoms with E-state index in [1.807, 2.05) is 19.9 Å². The summed E-state index contributed by atoms with van der Waals surface area (Å²) in [5.41, 5.74) is 21.2. The molecule has 0 amide bonds. The number of hydrogen-bond acceptors (Lipinski definition) is 3. The molecule has 0 aliphatic rings. The van der Waals surface area contributed by atoms with Crippen LogP contribution in [0.15, 0.2) is 6.07 Å². The average Bonchev–Trinajstić information content (AvgIpc) is 2.08. The zero-order chi connectivity index (χ0) is 9.30. The quantitative estimate of drug-likeness (QED) is 0.549. The Balaban J connectivity index is 3.39. The Morgan fingerprint density at radius 3 is 2.25 bits per heavy atom. The Morgan fingerprint density at radius 2 is 1.75 bits per heavy atom. The van der Waals surface area contributed by atoms with E-state index in [0.717, 1.165) is 23.2 Å². The Kier molecular flexibility index (Phi) is 2.13. The van der Waals surface area contributed by atoms with Crippen LogP contribution in [0.2, 0.25) is 0 Å². The van der Waals surface area contributed by atoms with E-state index in [2.05, 4.69) is 0 Å². The van der Waals surface area contributed by atoms with E-state index in [1.165, 1.54) is 0 Å². The van der Waals surface area contributed by atoms with Crippen molar-refractivity contribution in [2.24, 2.45) is 0 Å². The summed E-state index contributed by atoms with van der Waals surface area (Å²) >= 11 is 0. The molecule has 3 heteroatoms. The minimum atomic E-state index is 0.602. The minimum Gasteiger partial charge on any atom is -0.398 e. The van der Waals surface area contributed by atoms with Crippen molar-refractivity contribution in [2.75, 3.05) is 17.2 Å². The van der Waals surface area contributed by atoms with Crippen molar-refractivity contribution in [1.82, 2.24) is 0 Å². The molecular weight excluding hydrogens is 150 g/mol. The number of nitrogens with two attached hydrogens (primary N) is 3. The van der Waals surface area contributed by atoms with Gasteiger partial charge in [-0.15, -0.1) is 0 Å². The lowest BCUT2D eigenvalue weighted by molar-refractivity contribution is 1.14. The van der Waals surface area contributed by atoms with Gasteiger partial charge in [-0.2, -0.15) is 0 Å². The highest BCUT2D eigenvalue weighted by Gasteiger charge is 2.06. The molecule has 0 radical (unpaired) electrons. The van der Waals surface area contributed by atoms with Crippen molar-refractivity contribution in [1.29, 1.82) is 0 Å². The normalized spacial score (nSPS) is 10.2. The monoisotopic (exact) mass is 165 g/mol. The van der Waals surface area contributed by atoms with Gasteiger partial charge in [0.1, 0.15) is 0 Å². The fraction of sp³-hybridized carbons (Fsp3) is 0.333. The summed E-state index contributed by atoms with van der Waals surface area (Å²) in [6.45, 7) is 3.93. The molecule has 66 valence electrons. The molecule has 1 aromatic rings. The first-order valence-corrected chi connectivity index (χ1v) is 4.00. The smallest absolute Gasteiger partial charge is 0.0598 e. The summed E-state index contributed by atoms with van der Waals surface area (Å²) in [7, 11) is 0. The lowest BCUT2D eigenvalue weighted by Crippen LogP contribution is -2.04. The van der Waals surface area contributed by atoms with Crippen molar-refractivity contribution < 1.29 is 0 Å². The van der Waals surface area contributed by atoms with Gasteiger partial charge in [0.2, 0.25) is 0 Å². The summed E-state index contributed by atoms with van der Waals surface area (Å²) in [5.74, 6) is 0. The molecule has 0 heterocycles. The van der Waals surface area contributed by atoms with Crippen LogP contribution in [0.3, 0.4) is 0 Å². The minimum absolute atomic E-state index is 0.602. The number of aryl methyl sites for hydroxylation is 1. The summed E-state index contributed by atoms with van der Waals surface area (Å²) in [4.78, 5) is 0. The second-order valence-electron chi connectivity index (χ2n) is 2.93. The number of hydrogen-bond donors (Lipinski definition) is 3. The van der Waals surface area contributed by atoms with Gasteiger partial charge < -0.3 is 17.2 Å². The largest absolute Gasteiger partial charge is 0.398 e. The van der Waals surface area contributed by atoms with E-state index in [4.69, 9.17) is 17.2 Å². The molecule has 0 saturated heterocycles.